The molecule has 0 fully saturated rings. The highest BCUT2D eigenvalue weighted by atomic mass is 35.5. The Labute approximate surface area is 216 Å². The fraction of sp³-hybridized carbons (Fsp3) is 0.333. The molecule has 2 heterocycles. The van der Waals surface area contributed by atoms with Crippen molar-refractivity contribution in [2.45, 2.75) is 44.5 Å². The molecule has 1 N–H and O–H groups in total. The molecular formula is C24H25ClN4O4S2. The number of nitrogens with zero attached hydrogens (tertiary/aromatic N) is 3. The maximum Gasteiger partial charge on any atom is 0.341 e. The predicted octanol–water partition coefficient (Wildman–Crippen LogP) is 5.15. The van der Waals surface area contributed by atoms with Crippen LogP contribution in [0.15, 0.2) is 42.1 Å². The number of hydrogen-bond acceptors (Lipinski definition) is 8. The Morgan fingerprint density at radius 2 is 2.14 bits per heavy atom. The second kappa shape index (κ2) is 11.7. The molecule has 0 atom stereocenters. The highest BCUT2D eigenvalue weighted by molar-refractivity contribution is 7.99. The number of thioether (sulfide) groups is 1. The molecule has 184 valence electrons. The van der Waals surface area contributed by atoms with E-state index in [0.29, 0.717) is 38.9 Å². The lowest BCUT2D eigenvalue weighted by Gasteiger charge is -2.10. The number of thiophene rings is 1. The molecule has 1 aliphatic rings. The van der Waals surface area contributed by atoms with Gasteiger partial charge in [0, 0.05) is 11.4 Å². The highest BCUT2D eigenvalue weighted by Gasteiger charge is 2.28. The van der Waals surface area contributed by atoms with Gasteiger partial charge in [0.1, 0.15) is 17.4 Å². The molecule has 35 heavy (non-hydrogen) atoms. The molecule has 0 spiro atoms. The summed E-state index contributed by atoms with van der Waals surface area (Å²) in [6.07, 6.45) is 4.49. The topological polar surface area (TPSA) is 95.3 Å². The number of aryl methyl sites for hydroxylation is 1. The number of allylic oxidation sites excluding steroid dienone is 1. The van der Waals surface area contributed by atoms with Crippen LogP contribution in [0.3, 0.4) is 0 Å². The smallest absolute Gasteiger partial charge is 0.341 e. The summed E-state index contributed by atoms with van der Waals surface area (Å²) in [7, 11) is 0. The lowest BCUT2D eigenvalue weighted by molar-refractivity contribution is -0.113. The second-order valence-corrected chi connectivity index (χ2v) is 10.1. The third-order valence-electron chi connectivity index (χ3n) is 5.28. The molecule has 1 aromatic carbocycles. The Kier molecular flexibility index (Phi) is 8.48. The Bertz CT molecular complexity index is 1240. The Hall–Kier alpha value is -2.82. The van der Waals surface area contributed by atoms with Crippen molar-refractivity contribution >= 4 is 51.6 Å². The Balaban J connectivity index is 1.42. The minimum Gasteiger partial charge on any atom is -0.484 e. The molecule has 1 amide bonds. The normalized spacial score (nSPS) is 12.3. The van der Waals surface area contributed by atoms with E-state index in [1.165, 1.54) is 23.1 Å². The lowest BCUT2D eigenvalue weighted by atomic mass is 10.1. The number of benzene rings is 1. The van der Waals surface area contributed by atoms with E-state index in [2.05, 4.69) is 22.1 Å². The van der Waals surface area contributed by atoms with Crippen LogP contribution in [0.4, 0.5) is 5.00 Å². The van der Waals surface area contributed by atoms with Gasteiger partial charge in [-0.1, -0.05) is 41.6 Å². The molecule has 0 saturated carbocycles. The number of anilines is 1. The number of carbonyl (C=O) groups excluding carboxylic acids is 2. The van der Waals surface area contributed by atoms with E-state index in [4.69, 9.17) is 21.1 Å². The number of nitrogens with one attached hydrogen (secondary N) is 1. The summed E-state index contributed by atoms with van der Waals surface area (Å²) in [5, 5.41) is 13.0. The number of fused-ring (bicyclic) bond motifs is 1. The van der Waals surface area contributed by atoms with Crippen LogP contribution in [-0.2, 0) is 35.5 Å². The number of aromatic nitrogens is 3. The van der Waals surface area contributed by atoms with Crippen LogP contribution < -0.4 is 10.1 Å². The van der Waals surface area contributed by atoms with Gasteiger partial charge >= 0.3 is 5.97 Å². The zero-order valence-electron chi connectivity index (χ0n) is 19.2. The Morgan fingerprint density at radius 1 is 1.31 bits per heavy atom. The van der Waals surface area contributed by atoms with E-state index in [1.807, 2.05) is 16.7 Å². The van der Waals surface area contributed by atoms with Gasteiger partial charge in [0.15, 0.2) is 11.0 Å². The molecule has 1 aliphatic carbocycles. The number of halogens is 1. The van der Waals surface area contributed by atoms with Crippen LogP contribution in [0, 0.1) is 0 Å². The molecule has 0 radical (unpaired) electrons. The largest absolute Gasteiger partial charge is 0.484 e. The SMILES string of the molecule is C=CCn1c(COc2ccccc2Cl)nnc1SCC(=O)Nc1sc2c(c1C(=O)OCC)CCC2. The van der Waals surface area contributed by atoms with Gasteiger partial charge in [-0.05, 0) is 43.9 Å². The number of hydrogen-bond donors (Lipinski definition) is 1. The molecule has 4 rings (SSSR count). The number of ether oxygens (including phenoxy) is 2. The van der Waals surface area contributed by atoms with Crippen LogP contribution in [0.2, 0.25) is 5.02 Å². The van der Waals surface area contributed by atoms with Crippen molar-refractivity contribution in [1.29, 1.82) is 0 Å². The Morgan fingerprint density at radius 3 is 2.91 bits per heavy atom. The minimum atomic E-state index is -0.385. The zero-order valence-corrected chi connectivity index (χ0v) is 21.6. The maximum atomic E-state index is 12.8. The van der Waals surface area contributed by atoms with Gasteiger partial charge < -0.3 is 14.8 Å². The van der Waals surface area contributed by atoms with Crippen molar-refractivity contribution in [2.24, 2.45) is 0 Å². The van der Waals surface area contributed by atoms with Crippen molar-refractivity contribution in [3.8, 4) is 5.75 Å². The average Bonchev–Trinajstić information content (AvgIpc) is 3.52. The zero-order chi connectivity index (χ0) is 24.8. The first-order valence-electron chi connectivity index (χ1n) is 11.2. The quantitative estimate of drug-likeness (QED) is 0.207. The van der Waals surface area contributed by atoms with E-state index in [0.717, 1.165) is 29.7 Å². The predicted molar refractivity (Wildman–Crippen MR) is 138 cm³/mol. The van der Waals surface area contributed by atoms with Crippen LogP contribution in [-0.4, -0.2) is 39.0 Å². The van der Waals surface area contributed by atoms with Crippen LogP contribution in [0.1, 0.15) is 40.0 Å². The first kappa shape index (κ1) is 25.3. The maximum absolute atomic E-state index is 12.8. The fourth-order valence-corrected chi connectivity index (χ4v) is 6.00. The van der Waals surface area contributed by atoms with Gasteiger partial charge in [0.25, 0.3) is 0 Å². The van der Waals surface area contributed by atoms with E-state index in [9.17, 15) is 9.59 Å². The van der Waals surface area contributed by atoms with Gasteiger partial charge in [-0.15, -0.1) is 28.1 Å². The number of rotatable bonds is 11. The van der Waals surface area contributed by atoms with Crippen molar-refractivity contribution < 1.29 is 19.1 Å². The molecule has 0 unspecified atom stereocenters. The molecule has 3 aromatic rings. The van der Waals surface area contributed by atoms with Gasteiger partial charge in [-0.3, -0.25) is 9.36 Å². The van der Waals surface area contributed by atoms with Gasteiger partial charge in [0.05, 0.1) is 22.9 Å². The summed E-state index contributed by atoms with van der Waals surface area (Å²) in [5.74, 6) is 0.625. The molecule has 2 aromatic heterocycles. The van der Waals surface area contributed by atoms with Crippen LogP contribution in [0.5, 0.6) is 5.75 Å². The molecule has 0 bridgehead atoms. The van der Waals surface area contributed by atoms with E-state index in [-0.39, 0.29) is 30.8 Å². The molecule has 0 saturated heterocycles. The summed E-state index contributed by atoms with van der Waals surface area (Å²) in [5.41, 5.74) is 1.50. The first-order chi connectivity index (χ1) is 17.0. The standard InChI is InChI=1S/C24H25ClN4O4S2/c1-3-12-29-19(13-33-17-10-6-5-9-16(17)25)27-28-24(29)34-14-20(30)26-22-21(23(31)32-4-2)15-8-7-11-18(15)35-22/h3,5-6,9-10H,1,4,7-8,11-14H2,2H3,(H,26,30). The molecule has 0 aliphatic heterocycles. The van der Waals surface area contributed by atoms with Crippen LogP contribution in [0.25, 0.3) is 0 Å². The summed E-state index contributed by atoms with van der Waals surface area (Å²) < 4.78 is 12.9. The molecule has 11 heteroatoms. The van der Waals surface area contributed by atoms with Gasteiger partial charge in [-0.25, -0.2) is 4.79 Å². The fourth-order valence-electron chi connectivity index (χ4n) is 3.75. The van der Waals surface area contributed by atoms with E-state index in [1.54, 1.807) is 25.1 Å². The van der Waals surface area contributed by atoms with Gasteiger partial charge in [-0.2, -0.15) is 0 Å². The van der Waals surface area contributed by atoms with Crippen molar-refractivity contribution in [3.05, 3.63) is 63.8 Å². The summed E-state index contributed by atoms with van der Waals surface area (Å²) in [4.78, 5) is 26.4. The lowest BCUT2D eigenvalue weighted by Crippen LogP contribution is -2.17. The summed E-state index contributed by atoms with van der Waals surface area (Å²) >= 11 is 8.87. The monoisotopic (exact) mass is 532 g/mol. The number of carbonyl (C=O) groups is 2. The van der Waals surface area contributed by atoms with Crippen LogP contribution >= 0.6 is 34.7 Å². The molecular weight excluding hydrogens is 508 g/mol. The summed E-state index contributed by atoms with van der Waals surface area (Å²) in [6.45, 7) is 6.48. The minimum absolute atomic E-state index is 0.103. The third kappa shape index (κ3) is 5.88. The van der Waals surface area contributed by atoms with E-state index < -0.39 is 0 Å². The van der Waals surface area contributed by atoms with E-state index >= 15 is 0 Å². The third-order valence-corrected chi connectivity index (χ3v) is 7.77. The van der Waals surface area contributed by atoms with Crippen molar-refractivity contribution in [2.75, 3.05) is 17.7 Å². The second-order valence-electron chi connectivity index (χ2n) is 7.64. The first-order valence-corrected chi connectivity index (χ1v) is 13.3. The number of amides is 1. The molecule has 8 nitrogen and oxygen atoms in total. The number of esters is 1. The highest BCUT2D eigenvalue weighted by Crippen LogP contribution is 2.39. The average molecular weight is 533 g/mol. The van der Waals surface area contributed by atoms with Crippen molar-refractivity contribution in [1.82, 2.24) is 14.8 Å². The number of para-hydroxylation sites is 1. The summed E-state index contributed by atoms with van der Waals surface area (Å²) in [6, 6.07) is 7.20. The van der Waals surface area contributed by atoms with Crippen molar-refractivity contribution in [3.63, 3.8) is 0 Å². The van der Waals surface area contributed by atoms with Gasteiger partial charge in [0.2, 0.25) is 5.91 Å².